The molecule has 2 N–H and O–H groups in total. The predicted molar refractivity (Wildman–Crippen MR) is 78.9 cm³/mol. The number of hydrogen-bond donors (Lipinski definition) is 2. The van der Waals surface area contributed by atoms with Crippen LogP contribution in [0.3, 0.4) is 0 Å². The van der Waals surface area contributed by atoms with Gasteiger partial charge in [-0.2, -0.15) is 0 Å². The monoisotopic (exact) mass is 294 g/mol. The normalized spacial score (nSPS) is 33.4. The Balaban J connectivity index is 1.62. The van der Waals surface area contributed by atoms with Crippen LogP contribution in [0.15, 0.2) is 0 Å². The van der Waals surface area contributed by atoms with Crippen molar-refractivity contribution in [2.24, 2.45) is 17.3 Å². The van der Waals surface area contributed by atoms with Gasteiger partial charge in [0.2, 0.25) is 0 Å². The number of carbonyl (C=O) groups is 2. The van der Waals surface area contributed by atoms with Crippen molar-refractivity contribution in [3.63, 3.8) is 0 Å². The lowest BCUT2D eigenvalue weighted by Gasteiger charge is -2.41. The SMILES string of the molecule is CCC1(CNC(=O)N2CC3CCCC3C2C(=O)O)CCC1. The standard InChI is InChI=1S/C16H26N2O3/c1-2-16(7-4-8-16)10-17-15(21)18-9-11-5-3-6-12(11)13(18)14(19)20/h11-13H,2-10H2,1H3,(H,17,21)(H,19,20). The van der Waals surface area contributed by atoms with Gasteiger partial charge in [0.05, 0.1) is 0 Å². The van der Waals surface area contributed by atoms with Crippen molar-refractivity contribution in [2.45, 2.75) is 57.9 Å². The zero-order valence-electron chi connectivity index (χ0n) is 12.8. The van der Waals surface area contributed by atoms with E-state index in [1.54, 1.807) is 4.90 Å². The van der Waals surface area contributed by atoms with E-state index in [0.717, 1.165) is 25.7 Å². The summed E-state index contributed by atoms with van der Waals surface area (Å²) in [7, 11) is 0. The van der Waals surface area contributed by atoms with Gasteiger partial charge in [-0.05, 0) is 49.4 Å². The summed E-state index contributed by atoms with van der Waals surface area (Å²) in [6, 6.07) is -0.784. The highest BCUT2D eigenvalue weighted by atomic mass is 16.4. The van der Waals surface area contributed by atoms with E-state index in [9.17, 15) is 14.7 Å². The second kappa shape index (κ2) is 5.50. The Hall–Kier alpha value is -1.26. The van der Waals surface area contributed by atoms with Crippen LogP contribution in [0.4, 0.5) is 4.79 Å². The molecule has 0 bridgehead atoms. The first kappa shape index (κ1) is 14.7. The molecule has 1 aliphatic heterocycles. The fourth-order valence-electron chi connectivity index (χ4n) is 4.53. The van der Waals surface area contributed by atoms with Crippen molar-refractivity contribution in [3.8, 4) is 0 Å². The summed E-state index contributed by atoms with van der Waals surface area (Å²) in [6.45, 7) is 3.48. The van der Waals surface area contributed by atoms with Gasteiger partial charge in [-0.3, -0.25) is 0 Å². The van der Waals surface area contributed by atoms with Crippen LogP contribution in [0.1, 0.15) is 51.9 Å². The first-order valence-corrected chi connectivity index (χ1v) is 8.33. The fraction of sp³-hybridized carbons (Fsp3) is 0.875. The first-order valence-electron chi connectivity index (χ1n) is 8.33. The van der Waals surface area contributed by atoms with Crippen molar-refractivity contribution in [1.82, 2.24) is 10.2 Å². The summed E-state index contributed by atoms with van der Waals surface area (Å²) in [4.78, 5) is 25.6. The molecule has 2 aliphatic carbocycles. The Bertz CT molecular complexity index is 428. The molecule has 3 atom stereocenters. The average Bonchev–Trinajstić information content (AvgIpc) is 2.96. The molecule has 0 aromatic rings. The van der Waals surface area contributed by atoms with E-state index in [1.807, 2.05) is 0 Å². The molecule has 5 heteroatoms. The third-order valence-corrected chi connectivity index (χ3v) is 6.18. The number of hydrogen-bond acceptors (Lipinski definition) is 2. The van der Waals surface area contributed by atoms with Crippen LogP contribution in [-0.4, -0.2) is 41.1 Å². The maximum Gasteiger partial charge on any atom is 0.326 e. The van der Waals surface area contributed by atoms with Crippen LogP contribution in [-0.2, 0) is 4.79 Å². The Labute approximate surface area is 126 Å². The zero-order chi connectivity index (χ0) is 15.0. The molecule has 3 fully saturated rings. The number of carboxylic acid groups (broad SMARTS) is 1. The van der Waals surface area contributed by atoms with Crippen molar-refractivity contribution in [1.29, 1.82) is 0 Å². The summed E-state index contributed by atoms with van der Waals surface area (Å²) in [5, 5.41) is 12.5. The van der Waals surface area contributed by atoms with Gasteiger partial charge < -0.3 is 15.3 Å². The highest BCUT2D eigenvalue weighted by molar-refractivity contribution is 5.83. The van der Waals surface area contributed by atoms with Crippen LogP contribution < -0.4 is 5.32 Å². The highest BCUT2D eigenvalue weighted by Gasteiger charge is 2.49. The second-order valence-electron chi connectivity index (χ2n) is 7.16. The molecule has 118 valence electrons. The number of carbonyl (C=O) groups excluding carboxylic acids is 1. The zero-order valence-corrected chi connectivity index (χ0v) is 12.8. The van der Waals surface area contributed by atoms with Gasteiger partial charge in [-0.1, -0.05) is 19.8 Å². The van der Waals surface area contributed by atoms with E-state index in [1.165, 1.54) is 19.3 Å². The molecular weight excluding hydrogens is 268 g/mol. The minimum absolute atomic E-state index is 0.164. The highest BCUT2D eigenvalue weighted by Crippen LogP contribution is 2.44. The van der Waals surface area contributed by atoms with Gasteiger partial charge in [0.1, 0.15) is 6.04 Å². The number of carboxylic acids is 1. The maximum absolute atomic E-state index is 12.4. The molecular formula is C16H26N2O3. The van der Waals surface area contributed by atoms with E-state index < -0.39 is 12.0 Å². The third-order valence-electron chi connectivity index (χ3n) is 6.18. The lowest BCUT2D eigenvalue weighted by atomic mass is 9.67. The molecule has 1 saturated heterocycles. The summed E-state index contributed by atoms with van der Waals surface area (Å²) >= 11 is 0. The van der Waals surface area contributed by atoms with Crippen molar-refractivity contribution >= 4 is 12.0 Å². The van der Waals surface area contributed by atoms with Crippen LogP contribution in [0.5, 0.6) is 0 Å². The molecule has 0 aromatic heterocycles. The number of nitrogens with zero attached hydrogens (tertiary/aromatic N) is 1. The quantitative estimate of drug-likeness (QED) is 0.837. The molecule has 0 aromatic carbocycles. The number of likely N-dealkylation sites (tertiary alicyclic amines) is 1. The van der Waals surface area contributed by atoms with Gasteiger partial charge in [0, 0.05) is 13.1 Å². The Morgan fingerprint density at radius 1 is 1.29 bits per heavy atom. The van der Waals surface area contributed by atoms with E-state index in [0.29, 0.717) is 19.0 Å². The van der Waals surface area contributed by atoms with Crippen molar-refractivity contribution < 1.29 is 14.7 Å². The van der Waals surface area contributed by atoms with Gasteiger partial charge in [-0.25, -0.2) is 9.59 Å². The lowest BCUT2D eigenvalue weighted by molar-refractivity contribution is -0.142. The topological polar surface area (TPSA) is 69.6 Å². The molecule has 0 spiro atoms. The molecule has 1 heterocycles. The summed E-state index contributed by atoms with van der Waals surface area (Å²) < 4.78 is 0. The number of rotatable bonds is 4. The Kier molecular flexibility index (Phi) is 3.84. The van der Waals surface area contributed by atoms with Crippen LogP contribution in [0.25, 0.3) is 0 Å². The van der Waals surface area contributed by atoms with Gasteiger partial charge in [0.25, 0.3) is 0 Å². The number of amides is 2. The minimum Gasteiger partial charge on any atom is -0.480 e. The van der Waals surface area contributed by atoms with E-state index in [-0.39, 0.29) is 17.4 Å². The lowest BCUT2D eigenvalue weighted by Crippen LogP contribution is -2.51. The number of nitrogens with one attached hydrogen (secondary N) is 1. The number of aliphatic carboxylic acids is 1. The number of urea groups is 1. The molecule has 5 nitrogen and oxygen atoms in total. The fourth-order valence-corrected chi connectivity index (χ4v) is 4.53. The van der Waals surface area contributed by atoms with Crippen LogP contribution in [0, 0.1) is 17.3 Å². The average molecular weight is 294 g/mol. The van der Waals surface area contributed by atoms with E-state index >= 15 is 0 Å². The molecule has 2 saturated carbocycles. The van der Waals surface area contributed by atoms with E-state index in [4.69, 9.17) is 0 Å². The van der Waals surface area contributed by atoms with Gasteiger partial charge in [0.15, 0.2) is 0 Å². The van der Waals surface area contributed by atoms with Crippen LogP contribution >= 0.6 is 0 Å². The molecule has 21 heavy (non-hydrogen) atoms. The van der Waals surface area contributed by atoms with Crippen molar-refractivity contribution in [3.05, 3.63) is 0 Å². The first-order chi connectivity index (χ1) is 10.1. The Morgan fingerprint density at radius 3 is 2.62 bits per heavy atom. The molecule has 3 aliphatic rings. The molecule has 2 amide bonds. The number of fused-ring (bicyclic) bond motifs is 1. The van der Waals surface area contributed by atoms with E-state index in [2.05, 4.69) is 12.2 Å². The summed E-state index contributed by atoms with van der Waals surface area (Å²) in [5.74, 6) is -0.286. The predicted octanol–water partition coefficient (Wildman–Crippen LogP) is 2.46. The van der Waals surface area contributed by atoms with Gasteiger partial charge >= 0.3 is 12.0 Å². The van der Waals surface area contributed by atoms with Crippen LogP contribution in [0.2, 0.25) is 0 Å². The van der Waals surface area contributed by atoms with Crippen molar-refractivity contribution in [2.75, 3.05) is 13.1 Å². The molecule has 0 radical (unpaired) electrons. The largest absolute Gasteiger partial charge is 0.480 e. The maximum atomic E-state index is 12.4. The smallest absolute Gasteiger partial charge is 0.326 e. The van der Waals surface area contributed by atoms with Gasteiger partial charge in [-0.15, -0.1) is 0 Å². The second-order valence-corrected chi connectivity index (χ2v) is 7.16. The Morgan fingerprint density at radius 2 is 2.05 bits per heavy atom. The minimum atomic E-state index is -0.839. The summed E-state index contributed by atoms with van der Waals surface area (Å²) in [5.41, 5.74) is 0.268. The third kappa shape index (κ3) is 2.51. The summed E-state index contributed by atoms with van der Waals surface area (Å²) in [6.07, 6.45) is 7.81. The molecule has 3 rings (SSSR count). The molecule has 3 unspecified atom stereocenters.